The van der Waals surface area contributed by atoms with Crippen molar-refractivity contribution in [2.24, 2.45) is 5.84 Å². The van der Waals surface area contributed by atoms with Crippen molar-refractivity contribution in [1.82, 2.24) is 24.8 Å². The summed E-state index contributed by atoms with van der Waals surface area (Å²) < 4.78 is 5.45. The first-order valence-electron chi connectivity index (χ1n) is 10.2. The summed E-state index contributed by atoms with van der Waals surface area (Å²) in [4.78, 5) is 35.5. The summed E-state index contributed by atoms with van der Waals surface area (Å²) in [6, 6.07) is 5.27. The highest BCUT2D eigenvalue weighted by Crippen LogP contribution is 2.30. The van der Waals surface area contributed by atoms with Gasteiger partial charge >= 0.3 is 6.09 Å². The maximum atomic E-state index is 12.3. The number of H-pyrrole nitrogens is 1. The number of aromatic nitrogens is 4. The zero-order chi connectivity index (χ0) is 22.9. The predicted octanol–water partition coefficient (Wildman–Crippen LogP) is 2.63. The van der Waals surface area contributed by atoms with E-state index in [2.05, 4.69) is 19.9 Å². The molecule has 0 bridgehead atoms. The molecule has 4 rings (SSSR count). The first kappa shape index (κ1) is 21.4. The van der Waals surface area contributed by atoms with E-state index in [1.54, 1.807) is 23.2 Å². The van der Waals surface area contributed by atoms with Crippen LogP contribution in [0.15, 0.2) is 36.8 Å². The van der Waals surface area contributed by atoms with Crippen LogP contribution in [0.2, 0.25) is 0 Å². The molecular formula is C21H26N8O3. The molecule has 0 unspecified atom stereocenters. The van der Waals surface area contributed by atoms with Crippen LogP contribution in [0.3, 0.4) is 0 Å². The lowest BCUT2D eigenvalue weighted by Crippen LogP contribution is -2.39. The average Bonchev–Trinajstić information content (AvgIpc) is 3.18. The number of anilines is 2. The second-order valence-corrected chi connectivity index (χ2v) is 8.36. The number of pyridine rings is 1. The molecule has 0 aromatic carbocycles. The topological polar surface area (TPSA) is 149 Å². The third kappa shape index (κ3) is 4.57. The van der Waals surface area contributed by atoms with Crippen molar-refractivity contribution in [3.8, 4) is 5.88 Å². The molecule has 4 heterocycles. The Kier molecular flexibility index (Phi) is 5.57. The lowest BCUT2D eigenvalue weighted by Gasteiger charge is -2.29. The van der Waals surface area contributed by atoms with E-state index in [1.807, 2.05) is 32.9 Å². The van der Waals surface area contributed by atoms with Gasteiger partial charge in [0.15, 0.2) is 0 Å². The smallest absolute Gasteiger partial charge is 0.410 e. The fourth-order valence-corrected chi connectivity index (χ4v) is 3.30. The summed E-state index contributed by atoms with van der Waals surface area (Å²) in [6.07, 6.45) is 5.30. The molecule has 0 atom stereocenters. The van der Waals surface area contributed by atoms with E-state index in [9.17, 15) is 4.79 Å². The first-order chi connectivity index (χ1) is 15.2. The lowest BCUT2D eigenvalue weighted by atomic mass is 10.1. The fraction of sp³-hybridized carbons (Fsp3) is 0.333. The number of fused-ring (bicyclic) bond motifs is 1. The van der Waals surface area contributed by atoms with Crippen molar-refractivity contribution in [3.05, 3.63) is 42.5 Å². The van der Waals surface area contributed by atoms with Crippen LogP contribution in [0.1, 0.15) is 32.9 Å². The van der Waals surface area contributed by atoms with Gasteiger partial charge < -0.3 is 25.2 Å². The van der Waals surface area contributed by atoms with Crippen LogP contribution in [0.5, 0.6) is 5.88 Å². The minimum Gasteiger partial charge on any atom is -0.444 e. The van der Waals surface area contributed by atoms with Crippen LogP contribution >= 0.6 is 0 Å². The average molecular weight is 438 g/mol. The molecule has 11 heteroatoms. The van der Waals surface area contributed by atoms with E-state index >= 15 is 0 Å². The maximum Gasteiger partial charge on any atom is 0.410 e. The van der Waals surface area contributed by atoms with Gasteiger partial charge in [0.1, 0.15) is 17.6 Å². The minimum atomic E-state index is -0.524. The molecule has 1 amide bonds. The summed E-state index contributed by atoms with van der Waals surface area (Å²) in [5.41, 5.74) is 8.29. The van der Waals surface area contributed by atoms with Crippen molar-refractivity contribution in [1.29, 1.82) is 0 Å². The normalized spacial score (nSPS) is 14.2. The zero-order valence-corrected chi connectivity index (χ0v) is 18.2. The Morgan fingerprint density at radius 3 is 2.78 bits per heavy atom. The maximum absolute atomic E-state index is 12.3. The molecule has 3 aromatic rings. The number of hydrogen-bond donors (Lipinski definition) is 3. The van der Waals surface area contributed by atoms with E-state index < -0.39 is 5.60 Å². The van der Waals surface area contributed by atoms with Crippen LogP contribution in [0, 0.1) is 0 Å². The Labute approximate surface area is 185 Å². The van der Waals surface area contributed by atoms with Crippen LogP contribution in [0.25, 0.3) is 16.6 Å². The second kappa shape index (κ2) is 8.35. The highest BCUT2D eigenvalue weighted by Gasteiger charge is 2.24. The number of aromatic amines is 1. The standard InChI is InChI=1S/C21H26N8O3/c1-21(2,3)31-20(30)28-9-6-13(7-10-28)16-11-14-17(27-16)25-12-26-19(14)32-29(23)18-15(22)5-4-8-24-18/h4-6,8,11-12H,7,9-10,22-23H2,1-3H3,(H,25,26,27). The van der Waals surface area contributed by atoms with E-state index in [0.717, 1.165) is 16.4 Å². The van der Waals surface area contributed by atoms with E-state index in [-0.39, 0.29) is 17.8 Å². The van der Waals surface area contributed by atoms with Gasteiger partial charge in [0.05, 0.1) is 11.1 Å². The van der Waals surface area contributed by atoms with Crippen LogP contribution < -0.4 is 21.6 Å². The number of carbonyl (C=O) groups is 1. The van der Waals surface area contributed by atoms with Crippen molar-refractivity contribution in [2.75, 3.05) is 24.0 Å². The number of nitrogens with zero attached hydrogens (tertiary/aromatic N) is 5. The van der Waals surface area contributed by atoms with Crippen molar-refractivity contribution < 1.29 is 14.4 Å². The van der Waals surface area contributed by atoms with E-state index in [4.69, 9.17) is 21.2 Å². The summed E-state index contributed by atoms with van der Waals surface area (Å²) >= 11 is 0. The molecule has 168 valence electrons. The lowest BCUT2D eigenvalue weighted by molar-refractivity contribution is 0.0270. The van der Waals surface area contributed by atoms with Crippen molar-refractivity contribution >= 4 is 34.2 Å². The molecule has 0 saturated heterocycles. The monoisotopic (exact) mass is 438 g/mol. The number of nitrogens with two attached hydrogens (primary N) is 2. The number of nitrogens with one attached hydrogen (secondary N) is 1. The quantitative estimate of drug-likeness (QED) is 0.413. The summed E-state index contributed by atoms with van der Waals surface area (Å²) in [5.74, 6) is 6.52. The van der Waals surface area contributed by atoms with Gasteiger partial charge in [0, 0.05) is 25.0 Å². The highest BCUT2D eigenvalue weighted by atomic mass is 16.7. The molecule has 0 aliphatic carbocycles. The molecule has 0 spiro atoms. The molecule has 11 nitrogen and oxygen atoms in total. The molecule has 0 fully saturated rings. The molecule has 5 N–H and O–H groups in total. The number of hydrazine groups is 1. The van der Waals surface area contributed by atoms with Gasteiger partial charge in [-0.15, -0.1) is 5.17 Å². The molecule has 32 heavy (non-hydrogen) atoms. The van der Waals surface area contributed by atoms with Gasteiger partial charge in [-0.05, 0) is 51.0 Å². The van der Waals surface area contributed by atoms with E-state index in [1.165, 1.54) is 6.33 Å². The summed E-state index contributed by atoms with van der Waals surface area (Å²) in [7, 11) is 0. The van der Waals surface area contributed by atoms with Crippen LogP contribution in [0.4, 0.5) is 16.3 Å². The van der Waals surface area contributed by atoms with Crippen molar-refractivity contribution in [2.45, 2.75) is 32.8 Å². The predicted molar refractivity (Wildman–Crippen MR) is 120 cm³/mol. The minimum absolute atomic E-state index is 0.261. The van der Waals surface area contributed by atoms with E-state index in [0.29, 0.717) is 36.2 Å². The number of nitrogen functional groups attached to an aromatic ring is 1. The third-order valence-electron chi connectivity index (χ3n) is 4.81. The largest absolute Gasteiger partial charge is 0.444 e. The molecule has 0 radical (unpaired) electrons. The van der Waals surface area contributed by atoms with Crippen LogP contribution in [-0.2, 0) is 4.74 Å². The summed E-state index contributed by atoms with van der Waals surface area (Å²) in [6.45, 7) is 6.58. The van der Waals surface area contributed by atoms with Crippen LogP contribution in [-0.4, -0.2) is 49.6 Å². The first-order valence-corrected chi connectivity index (χ1v) is 10.2. The van der Waals surface area contributed by atoms with Gasteiger partial charge in [-0.3, -0.25) is 0 Å². The van der Waals surface area contributed by atoms with Crippen molar-refractivity contribution in [3.63, 3.8) is 0 Å². The Hall–Kier alpha value is -3.86. The number of ether oxygens (including phenoxy) is 1. The number of carbonyl (C=O) groups excluding carboxylic acids is 1. The second-order valence-electron chi connectivity index (χ2n) is 8.36. The highest BCUT2D eigenvalue weighted by molar-refractivity contribution is 5.86. The van der Waals surface area contributed by atoms with Gasteiger partial charge in [-0.1, -0.05) is 6.08 Å². The Balaban J connectivity index is 1.52. The molecule has 1 aliphatic heterocycles. The van der Waals surface area contributed by atoms with Gasteiger partial charge in [-0.25, -0.2) is 20.6 Å². The Bertz CT molecular complexity index is 1170. The molecule has 0 saturated carbocycles. The number of amides is 1. The summed E-state index contributed by atoms with van der Waals surface area (Å²) in [5, 5.41) is 1.63. The Morgan fingerprint density at radius 2 is 2.09 bits per heavy atom. The molecule has 1 aliphatic rings. The van der Waals surface area contributed by atoms with Gasteiger partial charge in [0.2, 0.25) is 5.82 Å². The van der Waals surface area contributed by atoms with Gasteiger partial charge in [0.25, 0.3) is 5.88 Å². The molecule has 3 aromatic heterocycles. The number of rotatable bonds is 4. The Morgan fingerprint density at radius 1 is 1.28 bits per heavy atom. The third-order valence-corrected chi connectivity index (χ3v) is 4.81. The zero-order valence-electron chi connectivity index (χ0n) is 18.2. The van der Waals surface area contributed by atoms with Gasteiger partial charge in [-0.2, -0.15) is 4.98 Å². The SMILES string of the molecule is CC(C)(C)OC(=O)N1CC=C(c2cc3c(ON(N)c4ncccc4N)ncnc3[nH]2)CC1. The fourth-order valence-electron chi connectivity index (χ4n) is 3.30. The number of hydrogen-bond acceptors (Lipinski definition) is 9. The molecular weight excluding hydrogens is 412 g/mol.